The van der Waals surface area contributed by atoms with Crippen molar-refractivity contribution in [1.82, 2.24) is 4.90 Å². The highest BCUT2D eigenvalue weighted by Gasteiger charge is 2.19. The fraction of sp³-hybridized carbons (Fsp3) is 0.643. The molecule has 0 fully saturated rings. The van der Waals surface area contributed by atoms with Crippen LogP contribution in [0.3, 0.4) is 0 Å². The molecule has 0 saturated carbocycles. The summed E-state index contributed by atoms with van der Waals surface area (Å²) in [4.78, 5) is 16.2. The third kappa shape index (κ3) is 3.12. The van der Waals surface area contributed by atoms with E-state index in [0.717, 1.165) is 17.7 Å². The van der Waals surface area contributed by atoms with E-state index < -0.39 is 0 Å². The molecule has 1 atom stereocenters. The third-order valence-corrected chi connectivity index (χ3v) is 4.66. The van der Waals surface area contributed by atoms with Gasteiger partial charge in [0.1, 0.15) is 0 Å². The minimum atomic E-state index is -0.350. The van der Waals surface area contributed by atoms with Gasteiger partial charge in [0.05, 0.1) is 11.0 Å². The molecule has 0 spiro atoms. The van der Waals surface area contributed by atoms with Crippen molar-refractivity contribution in [3.8, 4) is 0 Å². The topological polar surface area (TPSA) is 40.5 Å². The van der Waals surface area contributed by atoms with Crippen LogP contribution in [0.25, 0.3) is 0 Å². The molecule has 1 aliphatic carbocycles. The number of rotatable bonds is 4. The Morgan fingerprint density at radius 1 is 1.50 bits per heavy atom. The maximum atomic E-state index is 12.2. The van der Waals surface area contributed by atoms with Crippen LogP contribution >= 0.6 is 11.3 Å². The van der Waals surface area contributed by atoms with Crippen LogP contribution in [0, 0.1) is 0 Å². The summed E-state index contributed by atoms with van der Waals surface area (Å²) < 4.78 is 0. The second kappa shape index (κ2) is 5.85. The summed E-state index contributed by atoms with van der Waals surface area (Å²) in [6.07, 6.45) is 5.03. The lowest BCUT2D eigenvalue weighted by molar-refractivity contribution is 0.0773. The Morgan fingerprint density at radius 3 is 2.89 bits per heavy atom. The lowest BCUT2D eigenvalue weighted by Gasteiger charge is -2.16. The lowest BCUT2D eigenvalue weighted by atomic mass is 9.99. The summed E-state index contributed by atoms with van der Waals surface area (Å²) >= 11 is 1.65. The van der Waals surface area contributed by atoms with Gasteiger partial charge in [0.25, 0.3) is 5.91 Å². The molecule has 1 heterocycles. The van der Waals surface area contributed by atoms with Gasteiger partial charge in [-0.15, -0.1) is 11.3 Å². The van der Waals surface area contributed by atoms with Crippen LogP contribution in [-0.2, 0) is 12.8 Å². The Hall–Kier alpha value is -0.870. The molecule has 4 heteroatoms. The maximum absolute atomic E-state index is 12.2. The van der Waals surface area contributed by atoms with Gasteiger partial charge < -0.3 is 10.0 Å². The molecule has 0 aromatic carbocycles. The zero-order valence-electron chi connectivity index (χ0n) is 11.1. The highest BCUT2D eigenvalue weighted by molar-refractivity contribution is 7.14. The smallest absolute Gasteiger partial charge is 0.263 e. The summed E-state index contributed by atoms with van der Waals surface area (Å²) in [6, 6.07) is 2.07. The van der Waals surface area contributed by atoms with Crippen molar-refractivity contribution >= 4 is 17.2 Å². The van der Waals surface area contributed by atoms with Gasteiger partial charge in [-0.25, -0.2) is 0 Å². The van der Waals surface area contributed by atoms with Crippen molar-refractivity contribution in [2.24, 2.45) is 0 Å². The van der Waals surface area contributed by atoms with Crippen LogP contribution in [0.4, 0.5) is 0 Å². The molecular weight excluding hydrogens is 246 g/mol. The molecule has 1 unspecified atom stereocenters. The predicted molar refractivity (Wildman–Crippen MR) is 74.2 cm³/mol. The van der Waals surface area contributed by atoms with E-state index in [4.69, 9.17) is 0 Å². The van der Waals surface area contributed by atoms with Gasteiger partial charge in [0.2, 0.25) is 0 Å². The highest BCUT2D eigenvalue weighted by Crippen LogP contribution is 2.30. The Balaban J connectivity index is 2.02. The van der Waals surface area contributed by atoms with Crippen molar-refractivity contribution in [3.63, 3.8) is 0 Å². The second-order valence-electron chi connectivity index (χ2n) is 5.13. The molecule has 1 aromatic heterocycles. The van der Waals surface area contributed by atoms with Gasteiger partial charge in [0, 0.05) is 18.5 Å². The van der Waals surface area contributed by atoms with Gasteiger partial charge in [-0.05, 0) is 50.7 Å². The SMILES string of the molecule is CC(O)CCN(C)C(=O)c1cc2c(s1)CCCC2. The minimum absolute atomic E-state index is 0.0926. The Bertz CT molecular complexity index is 402. The van der Waals surface area contributed by atoms with Crippen LogP contribution < -0.4 is 0 Å². The number of carbonyl (C=O) groups is 1. The van der Waals surface area contributed by atoms with E-state index in [1.807, 2.05) is 7.05 Å². The molecule has 0 bridgehead atoms. The zero-order valence-corrected chi connectivity index (χ0v) is 11.9. The number of aliphatic hydroxyl groups excluding tert-OH is 1. The minimum Gasteiger partial charge on any atom is -0.393 e. The monoisotopic (exact) mass is 267 g/mol. The first-order chi connectivity index (χ1) is 8.58. The standard InChI is InChI=1S/C14H21NO2S/c1-10(16)7-8-15(2)14(17)13-9-11-5-3-4-6-12(11)18-13/h9-10,16H,3-8H2,1-2H3. The van der Waals surface area contributed by atoms with E-state index in [2.05, 4.69) is 6.07 Å². The van der Waals surface area contributed by atoms with Crippen molar-refractivity contribution in [2.75, 3.05) is 13.6 Å². The van der Waals surface area contributed by atoms with Crippen molar-refractivity contribution < 1.29 is 9.90 Å². The molecule has 2 rings (SSSR count). The van der Waals surface area contributed by atoms with Crippen molar-refractivity contribution in [1.29, 1.82) is 0 Å². The normalized spacial score (nSPS) is 16.2. The van der Waals surface area contributed by atoms with Crippen molar-refractivity contribution in [2.45, 2.75) is 45.1 Å². The molecule has 100 valence electrons. The average molecular weight is 267 g/mol. The lowest BCUT2D eigenvalue weighted by Crippen LogP contribution is -2.28. The number of thiophene rings is 1. The quantitative estimate of drug-likeness (QED) is 0.910. The van der Waals surface area contributed by atoms with Gasteiger partial charge in [-0.1, -0.05) is 0 Å². The van der Waals surface area contributed by atoms with E-state index in [1.54, 1.807) is 23.2 Å². The molecule has 1 aromatic rings. The van der Waals surface area contributed by atoms with Crippen LogP contribution in [0.2, 0.25) is 0 Å². The Kier molecular flexibility index (Phi) is 4.40. The first-order valence-electron chi connectivity index (χ1n) is 6.63. The Morgan fingerprint density at radius 2 is 2.22 bits per heavy atom. The predicted octanol–water partition coefficient (Wildman–Crippen LogP) is 2.47. The molecular formula is C14H21NO2S. The van der Waals surface area contributed by atoms with Gasteiger partial charge in [-0.2, -0.15) is 0 Å². The van der Waals surface area contributed by atoms with Crippen LogP contribution in [0.5, 0.6) is 0 Å². The van der Waals surface area contributed by atoms with Crippen LogP contribution in [0.15, 0.2) is 6.07 Å². The number of hydrogen-bond acceptors (Lipinski definition) is 3. The van der Waals surface area contributed by atoms with Gasteiger partial charge in [-0.3, -0.25) is 4.79 Å². The fourth-order valence-electron chi connectivity index (χ4n) is 2.27. The van der Waals surface area contributed by atoms with E-state index in [9.17, 15) is 9.90 Å². The molecule has 0 saturated heterocycles. The molecule has 3 nitrogen and oxygen atoms in total. The zero-order chi connectivity index (χ0) is 13.1. The van der Waals surface area contributed by atoms with Gasteiger partial charge >= 0.3 is 0 Å². The van der Waals surface area contributed by atoms with E-state index in [-0.39, 0.29) is 12.0 Å². The van der Waals surface area contributed by atoms with Gasteiger partial charge in [0.15, 0.2) is 0 Å². The second-order valence-corrected chi connectivity index (χ2v) is 6.27. The van der Waals surface area contributed by atoms with E-state index in [1.165, 1.54) is 23.3 Å². The number of hydrogen-bond donors (Lipinski definition) is 1. The number of aliphatic hydroxyl groups is 1. The largest absolute Gasteiger partial charge is 0.393 e. The number of nitrogens with zero attached hydrogens (tertiary/aromatic N) is 1. The summed E-state index contributed by atoms with van der Waals surface area (Å²) in [5.74, 6) is 0.0926. The first kappa shape index (κ1) is 13.6. The number of aryl methyl sites for hydroxylation is 2. The number of amides is 1. The summed E-state index contributed by atoms with van der Waals surface area (Å²) in [5, 5.41) is 9.25. The fourth-order valence-corrected chi connectivity index (χ4v) is 3.51. The maximum Gasteiger partial charge on any atom is 0.263 e. The summed E-state index contributed by atoms with van der Waals surface area (Å²) in [5.41, 5.74) is 1.37. The molecule has 1 aliphatic rings. The molecule has 0 aliphatic heterocycles. The highest BCUT2D eigenvalue weighted by atomic mass is 32.1. The first-order valence-corrected chi connectivity index (χ1v) is 7.44. The molecule has 0 radical (unpaired) electrons. The number of fused-ring (bicyclic) bond motifs is 1. The molecule has 1 amide bonds. The number of carbonyl (C=O) groups excluding carboxylic acids is 1. The summed E-state index contributed by atoms with van der Waals surface area (Å²) in [7, 11) is 1.81. The third-order valence-electron chi connectivity index (χ3n) is 3.44. The van der Waals surface area contributed by atoms with E-state index in [0.29, 0.717) is 13.0 Å². The van der Waals surface area contributed by atoms with Crippen LogP contribution in [0.1, 0.15) is 46.3 Å². The molecule has 1 N–H and O–H groups in total. The van der Waals surface area contributed by atoms with Crippen molar-refractivity contribution in [3.05, 3.63) is 21.4 Å². The summed E-state index contributed by atoms with van der Waals surface area (Å²) in [6.45, 7) is 2.36. The average Bonchev–Trinajstić information content (AvgIpc) is 2.78. The Labute approximate surface area is 112 Å². The van der Waals surface area contributed by atoms with Crippen LogP contribution in [-0.4, -0.2) is 35.6 Å². The van der Waals surface area contributed by atoms with E-state index >= 15 is 0 Å². The molecule has 18 heavy (non-hydrogen) atoms.